The maximum absolute atomic E-state index is 12.8. The van der Waals surface area contributed by atoms with Crippen LogP contribution in [0.1, 0.15) is 51.4 Å². The molecule has 28 heavy (non-hydrogen) atoms. The average Bonchev–Trinajstić information content (AvgIpc) is 2.64. The van der Waals surface area contributed by atoms with Crippen LogP contribution in [0.15, 0.2) is 29.2 Å². The zero-order chi connectivity index (χ0) is 20.8. The van der Waals surface area contributed by atoms with E-state index < -0.39 is 22.1 Å². The van der Waals surface area contributed by atoms with Crippen LogP contribution >= 0.6 is 11.8 Å². The number of carbonyl (C=O) groups is 1. The van der Waals surface area contributed by atoms with E-state index in [1.165, 1.54) is 23.9 Å². The molecule has 1 aromatic rings. The number of carboxylic acid groups (broad SMARTS) is 1. The molecule has 1 atom stereocenters. The van der Waals surface area contributed by atoms with Crippen molar-refractivity contribution in [2.24, 2.45) is 0 Å². The summed E-state index contributed by atoms with van der Waals surface area (Å²) in [6.07, 6.45) is 4.12. The summed E-state index contributed by atoms with van der Waals surface area (Å²) in [5.74, 6) is -0.583. The zero-order valence-corrected chi connectivity index (χ0v) is 17.6. The molecule has 160 valence electrons. The lowest BCUT2D eigenvalue weighted by Crippen LogP contribution is -2.27. The van der Waals surface area contributed by atoms with Crippen molar-refractivity contribution in [1.82, 2.24) is 4.72 Å². The van der Waals surface area contributed by atoms with E-state index in [2.05, 4.69) is 4.72 Å². The Labute approximate surface area is 171 Å². The van der Waals surface area contributed by atoms with Crippen molar-refractivity contribution in [3.05, 3.63) is 30.1 Å². The standard InChI is InChI=1S/C19H30FNO5S2/c20-16-9-11-18(12-10-16)27-15-17(22)7-4-6-14-28(25,26)21-13-5-2-1-3-8-19(23)24/h9-12,17,21-22H,1-8,13-15H2,(H,23,24). The molecule has 6 nitrogen and oxygen atoms in total. The second-order valence-corrected chi connectivity index (χ2v) is 9.71. The van der Waals surface area contributed by atoms with Crippen LogP contribution in [0.3, 0.4) is 0 Å². The Morgan fingerprint density at radius 1 is 1.07 bits per heavy atom. The van der Waals surface area contributed by atoms with Crippen LogP contribution in [0.25, 0.3) is 0 Å². The first-order valence-electron chi connectivity index (χ1n) is 9.54. The smallest absolute Gasteiger partial charge is 0.303 e. The van der Waals surface area contributed by atoms with Gasteiger partial charge < -0.3 is 10.2 Å². The van der Waals surface area contributed by atoms with E-state index >= 15 is 0 Å². The van der Waals surface area contributed by atoms with Crippen molar-refractivity contribution in [3.63, 3.8) is 0 Å². The first-order valence-corrected chi connectivity index (χ1v) is 12.2. The maximum atomic E-state index is 12.8. The minimum absolute atomic E-state index is 0.0316. The van der Waals surface area contributed by atoms with Gasteiger partial charge in [-0.2, -0.15) is 0 Å². The average molecular weight is 436 g/mol. The van der Waals surface area contributed by atoms with E-state index in [4.69, 9.17) is 5.11 Å². The largest absolute Gasteiger partial charge is 0.481 e. The molecular weight excluding hydrogens is 405 g/mol. The highest BCUT2D eigenvalue weighted by molar-refractivity contribution is 7.99. The number of carboxylic acids is 1. The summed E-state index contributed by atoms with van der Waals surface area (Å²) < 4.78 is 39.2. The van der Waals surface area contributed by atoms with E-state index in [1.807, 2.05) is 0 Å². The summed E-state index contributed by atoms with van der Waals surface area (Å²) in [7, 11) is -3.31. The Hall–Kier alpha value is -1.16. The minimum atomic E-state index is -3.31. The van der Waals surface area contributed by atoms with Crippen LogP contribution < -0.4 is 4.72 Å². The summed E-state index contributed by atoms with van der Waals surface area (Å²) in [5, 5.41) is 18.5. The molecule has 0 heterocycles. The van der Waals surface area contributed by atoms with Crippen molar-refractivity contribution >= 4 is 27.8 Å². The number of benzene rings is 1. The number of thioether (sulfide) groups is 1. The predicted octanol–water partition coefficient (Wildman–Crippen LogP) is 3.40. The van der Waals surface area contributed by atoms with Gasteiger partial charge in [0.15, 0.2) is 0 Å². The van der Waals surface area contributed by atoms with E-state index in [-0.39, 0.29) is 18.0 Å². The normalized spacial score (nSPS) is 12.8. The molecule has 0 aliphatic rings. The van der Waals surface area contributed by atoms with Gasteiger partial charge in [-0.1, -0.05) is 12.8 Å². The molecule has 0 spiro atoms. The van der Waals surface area contributed by atoms with Gasteiger partial charge in [-0.05, 0) is 56.4 Å². The molecule has 0 saturated heterocycles. The quantitative estimate of drug-likeness (QED) is 0.272. The van der Waals surface area contributed by atoms with Crippen molar-refractivity contribution < 1.29 is 27.8 Å². The van der Waals surface area contributed by atoms with Crippen molar-refractivity contribution in [1.29, 1.82) is 0 Å². The summed E-state index contributed by atoms with van der Waals surface area (Å²) in [4.78, 5) is 11.3. The van der Waals surface area contributed by atoms with Crippen LogP contribution in [-0.2, 0) is 14.8 Å². The predicted molar refractivity (Wildman–Crippen MR) is 109 cm³/mol. The lowest BCUT2D eigenvalue weighted by molar-refractivity contribution is -0.137. The third-order valence-corrected chi connectivity index (χ3v) is 6.72. The van der Waals surface area contributed by atoms with Crippen LogP contribution in [0.2, 0.25) is 0 Å². The minimum Gasteiger partial charge on any atom is -0.481 e. The first kappa shape index (κ1) is 24.9. The van der Waals surface area contributed by atoms with E-state index in [0.717, 1.165) is 17.7 Å². The molecule has 9 heteroatoms. The SMILES string of the molecule is O=C(O)CCCCCCNS(=O)(=O)CCCCC(O)CSc1ccc(F)cc1. The highest BCUT2D eigenvalue weighted by Crippen LogP contribution is 2.20. The monoisotopic (exact) mass is 435 g/mol. The third-order valence-electron chi connectivity index (χ3n) is 4.10. The van der Waals surface area contributed by atoms with Gasteiger partial charge in [0.25, 0.3) is 0 Å². The molecule has 0 aliphatic carbocycles. The van der Waals surface area contributed by atoms with Crippen LogP contribution in [0.5, 0.6) is 0 Å². The number of aliphatic carboxylic acids is 1. The molecule has 0 amide bonds. The first-order chi connectivity index (χ1) is 13.3. The number of rotatable bonds is 16. The zero-order valence-electron chi connectivity index (χ0n) is 16.0. The van der Waals surface area contributed by atoms with Crippen LogP contribution in [0, 0.1) is 5.82 Å². The highest BCUT2D eigenvalue weighted by Gasteiger charge is 2.11. The van der Waals surface area contributed by atoms with Crippen LogP contribution in [0.4, 0.5) is 4.39 Å². The fraction of sp³-hybridized carbons (Fsp3) is 0.632. The molecule has 0 radical (unpaired) electrons. The molecule has 0 aromatic heterocycles. The van der Waals surface area contributed by atoms with Gasteiger partial charge in [-0.25, -0.2) is 17.5 Å². The number of sulfonamides is 1. The summed E-state index contributed by atoms with van der Waals surface area (Å²) in [6, 6.07) is 6.08. The highest BCUT2D eigenvalue weighted by atomic mass is 32.2. The molecule has 1 unspecified atom stereocenters. The van der Waals surface area contributed by atoms with Gasteiger partial charge in [0.2, 0.25) is 10.0 Å². The summed E-state index contributed by atoms with van der Waals surface area (Å²) in [5.41, 5.74) is 0. The molecule has 0 fully saturated rings. The fourth-order valence-electron chi connectivity index (χ4n) is 2.53. The molecule has 1 rings (SSSR count). The molecule has 0 bridgehead atoms. The van der Waals surface area contributed by atoms with E-state index in [0.29, 0.717) is 44.4 Å². The van der Waals surface area contributed by atoms with Crippen molar-refractivity contribution in [2.45, 2.75) is 62.4 Å². The molecule has 1 aromatic carbocycles. The van der Waals surface area contributed by atoms with Crippen molar-refractivity contribution in [2.75, 3.05) is 18.1 Å². The van der Waals surface area contributed by atoms with Gasteiger partial charge in [0, 0.05) is 23.6 Å². The summed E-state index contributed by atoms with van der Waals surface area (Å²) in [6.45, 7) is 0.367. The lowest BCUT2D eigenvalue weighted by Gasteiger charge is -2.11. The number of halogens is 1. The maximum Gasteiger partial charge on any atom is 0.303 e. The summed E-state index contributed by atoms with van der Waals surface area (Å²) >= 11 is 1.44. The lowest BCUT2D eigenvalue weighted by atomic mass is 10.1. The van der Waals surface area contributed by atoms with Gasteiger partial charge in [0.05, 0.1) is 11.9 Å². The number of nitrogens with one attached hydrogen (secondary N) is 1. The Morgan fingerprint density at radius 3 is 2.43 bits per heavy atom. The Morgan fingerprint density at radius 2 is 1.75 bits per heavy atom. The molecule has 3 N–H and O–H groups in total. The van der Waals surface area contributed by atoms with E-state index in [9.17, 15) is 22.7 Å². The third kappa shape index (κ3) is 13.1. The Kier molecular flexibility index (Phi) is 12.4. The number of unbranched alkanes of at least 4 members (excludes halogenated alkanes) is 4. The van der Waals surface area contributed by atoms with Gasteiger partial charge >= 0.3 is 5.97 Å². The molecule has 0 aliphatic heterocycles. The molecular formula is C19H30FNO5S2. The van der Waals surface area contributed by atoms with Gasteiger partial charge in [-0.15, -0.1) is 11.8 Å². The number of hydrogen-bond donors (Lipinski definition) is 3. The number of hydrogen-bond acceptors (Lipinski definition) is 5. The van der Waals surface area contributed by atoms with E-state index in [1.54, 1.807) is 12.1 Å². The van der Waals surface area contributed by atoms with Gasteiger partial charge in [-0.3, -0.25) is 4.79 Å². The van der Waals surface area contributed by atoms with Gasteiger partial charge in [0.1, 0.15) is 5.82 Å². The Balaban J connectivity index is 2.05. The fourth-order valence-corrected chi connectivity index (χ4v) is 4.60. The van der Waals surface area contributed by atoms with Crippen LogP contribution in [-0.4, -0.2) is 48.8 Å². The Bertz CT molecular complexity index is 667. The van der Waals surface area contributed by atoms with Crippen molar-refractivity contribution in [3.8, 4) is 0 Å². The number of aliphatic hydroxyl groups is 1. The number of aliphatic hydroxyl groups excluding tert-OH is 1. The second-order valence-electron chi connectivity index (χ2n) is 6.69. The molecule has 0 saturated carbocycles. The second kappa shape index (κ2) is 13.9. The topological polar surface area (TPSA) is 104 Å².